The highest BCUT2D eigenvalue weighted by molar-refractivity contribution is 5.92. The summed E-state index contributed by atoms with van der Waals surface area (Å²) in [5.41, 5.74) is 1.61. The minimum atomic E-state index is -0.0467. The van der Waals surface area contributed by atoms with Gasteiger partial charge in [0.2, 0.25) is 0 Å². The van der Waals surface area contributed by atoms with Crippen LogP contribution in [0.3, 0.4) is 0 Å². The zero-order valence-electron chi connectivity index (χ0n) is 13.3. The number of amides is 1. The molecule has 0 spiro atoms. The van der Waals surface area contributed by atoms with E-state index in [4.69, 9.17) is 0 Å². The maximum Gasteiger partial charge on any atom is 0.272 e. The lowest BCUT2D eigenvalue weighted by molar-refractivity contribution is 0.0822. The lowest BCUT2D eigenvalue weighted by Gasteiger charge is -2.35. The zero-order valence-corrected chi connectivity index (χ0v) is 13.3. The Hall–Kier alpha value is -1.62. The van der Waals surface area contributed by atoms with E-state index < -0.39 is 0 Å². The largest absolute Gasteiger partial charge is 0.370 e. The molecule has 5 nitrogen and oxygen atoms in total. The Labute approximate surface area is 127 Å². The van der Waals surface area contributed by atoms with Gasteiger partial charge in [-0.15, -0.1) is 0 Å². The van der Waals surface area contributed by atoms with E-state index in [1.165, 1.54) is 12.8 Å². The van der Waals surface area contributed by atoms with Gasteiger partial charge in [-0.1, -0.05) is 6.92 Å². The van der Waals surface area contributed by atoms with Gasteiger partial charge in [-0.05, 0) is 37.9 Å². The quantitative estimate of drug-likeness (QED) is 0.897. The third-order valence-corrected chi connectivity index (χ3v) is 3.84. The average Bonchev–Trinajstić information content (AvgIpc) is 2.52. The van der Waals surface area contributed by atoms with E-state index >= 15 is 0 Å². The molecule has 1 atom stereocenters. The molecule has 1 N–H and O–H groups in total. The van der Waals surface area contributed by atoms with E-state index in [1.54, 1.807) is 25.2 Å². The second kappa shape index (κ2) is 7.41. The van der Waals surface area contributed by atoms with Crippen LogP contribution < -0.4 is 10.2 Å². The van der Waals surface area contributed by atoms with Gasteiger partial charge in [0.15, 0.2) is 0 Å². The number of nitrogens with one attached hydrogen (secondary N) is 1. The summed E-state index contributed by atoms with van der Waals surface area (Å²) in [5.74, 6) is -0.0467. The SMILES string of the molecule is CCCNC1CCCN(c2ccnc(C(=O)N(C)C)c2)C1. The second-order valence-electron chi connectivity index (χ2n) is 5.84. The molecule has 1 aromatic rings. The normalized spacial score (nSPS) is 18.6. The van der Waals surface area contributed by atoms with Crippen molar-refractivity contribution in [1.29, 1.82) is 0 Å². The standard InChI is InChI=1S/C16H26N4O/c1-4-8-17-13-6-5-10-20(12-13)14-7-9-18-15(11-14)16(21)19(2)3/h7,9,11,13,17H,4-6,8,10,12H2,1-3H3. The summed E-state index contributed by atoms with van der Waals surface area (Å²) in [7, 11) is 3.50. The number of pyridine rings is 1. The fourth-order valence-electron chi connectivity index (χ4n) is 2.69. The van der Waals surface area contributed by atoms with E-state index in [9.17, 15) is 4.79 Å². The Morgan fingerprint density at radius 1 is 1.52 bits per heavy atom. The minimum absolute atomic E-state index is 0.0467. The van der Waals surface area contributed by atoms with Gasteiger partial charge in [0.25, 0.3) is 5.91 Å². The molecule has 21 heavy (non-hydrogen) atoms. The van der Waals surface area contributed by atoms with Crippen LogP contribution in [0.2, 0.25) is 0 Å². The van der Waals surface area contributed by atoms with Gasteiger partial charge in [0.1, 0.15) is 5.69 Å². The summed E-state index contributed by atoms with van der Waals surface area (Å²) >= 11 is 0. The van der Waals surface area contributed by atoms with Crippen molar-refractivity contribution >= 4 is 11.6 Å². The number of piperidine rings is 1. The zero-order chi connectivity index (χ0) is 15.2. The van der Waals surface area contributed by atoms with Crippen LogP contribution in [0.1, 0.15) is 36.7 Å². The van der Waals surface area contributed by atoms with Crippen LogP contribution >= 0.6 is 0 Å². The van der Waals surface area contributed by atoms with Gasteiger partial charge in [-0.3, -0.25) is 9.78 Å². The molecule has 2 rings (SSSR count). The smallest absolute Gasteiger partial charge is 0.272 e. The molecule has 1 unspecified atom stereocenters. The molecule has 1 amide bonds. The Morgan fingerprint density at radius 2 is 2.33 bits per heavy atom. The lowest BCUT2D eigenvalue weighted by atomic mass is 10.0. The summed E-state index contributed by atoms with van der Waals surface area (Å²) in [5, 5.41) is 3.59. The van der Waals surface area contributed by atoms with E-state index in [2.05, 4.69) is 22.1 Å². The lowest BCUT2D eigenvalue weighted by Crippen LogP contribution is -2.46. The van der Waals surface area contributed by atoms with Crippen LogP contribution in [0, 0.1) is 0 Å². The average molecular weight is 290 g/mol. The first-order valence-corrected chi connectivity index (χ1v) is 7.78. The van der Waals surface area contributed by atoms with Gasteiger partial charge < -0.3 is 15.1 Å². The molecular formula is C16H26N4O. The van der Waals surface area contributed by atoms with Gasteiger partial charge >= 0.3 is 0 Å². The van der Waals surface area contributed by atoms with Crippen LogP contribution in [0.15, 0.2) is 18.3 Å². The van der Waals surface area contributed by atoms with Crippen LogP contribution in [-0.2, 0) is 0 Å². The Bertz CT molecular complexity index is 475. The van der Waals surface area contributed by atoms with Crippen LogP contribution in [0.25, 0.3) is 0 Å². The molecule has 2 heterocycles. The van der Waals surface area contributed by atoms with E-state index in [1.807, 2.05) is 12.1 Å². The van der Waals surface area contributed by atoms with E-state index in [-0.39, 0.29) is 5.91 Å². The third-order valence-electron chi connectivity index (χ3n) is 3.84. The van der Waals surface area contributed by atoms with Crippen LogP contribution in [0.4, 0.5) is 5.69 Å². The van der Waals surface area contributed by atoms with Crippen molar-refractivity contribution in [2.75, 3.05) is 38.6 Å². The van der Waals surface area contributed by atoms with Crippen molar-refractivity contribution in [1.82, 2.24) is 15.2 Å². The molecule has 116 valence electrons. The summed E-state index contributed by atoms with van der Waals surface area (Å²) < 4.78 is 0. The highest BCUT2D eigenvalue weighted by Crippen LogP contribution is 2.20. The number of hydrogen-bond acceptors (Lipinski definition) is 4. The number of anilines is 1. The molecule has 1 aromatic heterocycles. The Morgan fingerprint density at radius 3 is 3.05 bits per heavy atom. The topological polar surface area (TPSA) is 48.5 Å². The number of nitrogens with zero attached hydrogens (tertiary/aromatic N) is 3. The van der Waals surface area contributed by atoms with Gasteiger partial charge in [0.05, 0.1) is 0 Å². The van der Waals surface area contributed by atoms with Crippen molar-refractivity contribution in [3.05, 3.63) is 24.0 Å². The monoisotopic (exact) mass is 290 g/mol. The van der Waals surface area contributed by atoms with Gasteiger partial charge in [-0.25, -0.2) is 0 Å². The third kappa shape index (κ3) is 4.17. The maximum atomic E-state index is 12.0. The van der Waals surface area contributed by atoms with Gasteiger partial charge in [0, 0.05) is 45.1 Å². The predicted molar refractivity (Wildman–Crippen MR) is 85.8 cm³/mol. The number of hydrogen-bond donors (Lipinski definition) is 1. The predicted octanol–water partition coefficient (Wildman–Crippen LogP) is 1.75. The molecule has 1 fully saturated rings. The van der Waals surface area contributed by atoms with Crippen LogP contribution in [-0.4, -0.2) is 55.6 Å². The Balaban J connectivity index is 2.07. The molecule has 1 aliphatic heterocycles. The highest BCUT2D eigenvalue weighted by Gasteiger charge is 2.20. The van der Waals surface area contributed by atoms with Crippen molar-refractivity contribution in [2.45, 2.75) is 32.2 Å². The Kier molecular flexibility index (Phi) is 5.56. The first-order chi connectivity index (χ1) is 10.1. The van der Waals surface area contributed by atoms with Crippen molar-refractivity contribution in [2.24, 2.45) is 0 Å². The molecule has 0 radical (unpaired) electrons. The highest BCUT2D eigenvalue weighted by atomic mass is 16.2. The van der Waals surface area contributed by atoms with Gasteiger partial charge in [-0.2, -0.15) is 0 Å². The summed E-state index contributed by atoms with van der Waals surface area (Å²) in [6.07, 6.45) is 5.30. The molecule has 1 saturated heterocycles. The van der Waals surface area contributed by atoms with E-state index in [0.29, 0.717) is 11.7 Å². The minimum Gasteiger partial charge on any atom is -0.370 e. The number of aromatic nitrogens is 1. The first-order valence-electron chi connectivity index (χ1n) is 7.78. The van der Waals surface area contributed by atoms with Crippen LogP contribution in [0.5, 0.6) is 0 Å². The molecule has 0 bridgehead atoms. The number of carbonyl (C=O) groups is 1. The maximum absolute atomic E-state index is 12.0. The number of carbonyl (C=O) groups excluding carboxylic acids is 1. The fourth-order valence-corrected chi connectivity index (χ4v) is 2.69. The first kappa shape index (κ1) is 15.8. The van der Waals surface area contributed by atoms with Crippen molar-refractivity contribution in [3.8, 4) is 0 Å². The molecule has 0 aliphatic carbocycles. The summed E-state index contributed by atoms with van der Waals surface area (Å²) in [6, 6.07) is 4.44. The van der Waals surface area contributed by atoms with Crippen molar-refractivity contribution < 1.29 is 4.79 Å². The molecule has 0 aromatic carbocycles. The molecular weight excluding hydrogens is 264 g/mol. The summed E-state index contributed by atoms with van der Waals surface area (Å²) in [4.78, 5) is 20.1. The second-order valence-corrected chi connectivity index (χ2v) is 5.84. The molecule has 5 heteroatoms. The molecule has 0 saturated carbocycles. The fraction of sp³-hybridized carbons (Fsp3) is 0.625. The molecule has 1 aliphatic rings. The van der Waals surface area contributed by atoms with E-state index in [0.717, 1.165) is 31.7 Å². The summed E-state index contributed by atoms with van der Waals surface area (Å²) in [6.45, 7) is 5.30. The number of rotatable bonds is 5. The van der Waals surface area contributed by atoms with Crippen molar-refractivity contribution in [3.63, 3.8) is 0 Å².